The fraction of sp³-hybridized carbons (Fsp3) is 0.0952. The number of carbonyl (C=O) groups excluding carboxylic acids is 1. The Morgan fingerprint density at radius 2 is 1.36 bits per heavy atom. The molecule has 0 spiro atoms. The molecule has 4 heteroatoms. The van der Waals surface area contributed by atoms with E-state index in [2.05, 4.69) is 0 Å². The molecule has 0 atom stereocenters. The first-order valence-electron chi connectivity index (χ1n) is 8.07. The van der Waals surface area contributed by atoms with Gasteiger partial charge in [0.25, 0.3) is 0 Å². The third-order valence-corrected chi connectivity index (χ3v) is 7.47. The summed E-state index contributed by atoms with van der Waals surface area (Å²) < 4.78 is 21.9. The van der Waals surface area contributed by atoms with E-state index in [0.717, 1.165) is 0 Å². The molecule has 0 unspecified atom stereocenters. The maximum atomic E-state index is 16.6. The van der Waals surface area contributed by atoms with E-state index < -0.39 is 13.1 Å². The molecule has 0 aliphatic carbocycles. The summed E-state index contributed by atoms with van der Waals surface area (Å²) in [6, 6.07) is 22.8. The van der Waals surface area contributed by atoms with E-state index in [1.165, 1.54) is 7.11 Å². The second-order valence-corrected chi connectivity index (χ2v) is 8.80. The number of rotatable bonds is 5. The van der Waals surface area contributed by atoms with Crippen molar-refractivity contribution in [2.75, 3.05) is 7.11 Å². The zero-order valence-corrected chi connectivity index (χ0v) is 15.2. The fourth-order valence-corrected chi connectivity index (χ4v) is 5.86. The molecule has 3 rings (SSSR count). The summed E-state index contributed by atoms with van der Waals surface area (Å²) in [5.74, 6) is 0.409. The van der Waals surface area contributed by atoms with Gasteiger partial charge in [0.1, 0.15) is 0 Å². The fourth-order valence-electron chi connectivity index (χ4n) is 3.04. The van der Waals surface area contributed by atoms with Crippen LogP contribution < -0.4 is 15.3 Å². The van der Waals surface area contributed by atoms with Gasteiger partial charge in [-0.1, -0.05) is 0 Å². The summed E-state index contributed by atoms with van der Waals surface area (Å²) in [4.78, 5) is 13.5. The van der Waals surface area contributed by atoms with E-state index in [4.69, 9.17) is 4.74 Å². The minimum atomic E-state index is -4.14. The number of benzene rings is 3. The van der Waals surface area contributed by atoms with Gasteiger partial charge in [-0.3, -0.25) is 0 Å². The van der Waals surface area contributed by atoms with Crippen molar-refractivity contribution < 1.29 is 13.7 Å². The van der Waals surface area contributed by atoms with Crippen LogP contribution in [-0.4, -0.2) is 12.6 Å². The van der Waals surface area contributed by atoms with Crippen LogP contribution in [0.3, 0.4) is 0 Å². The zero-order chi connectivity index (χ0) is 17.9. The number of hydrogen-bond donors (Lipinski definition) is 0. The molecule has 0 amide bonds. The Kier molecular flexibility index (Phi) is 4.96. The quantitative estimate of drug-likeness (QED) is 0.634. The molecule has 0 bridgehead atoms. The summed E-state index contributed by atoms with van der Waals surface area (Å²) in [5, 5.41) is 0.882. The van der Waals surface area contributed by atoms with Gasteiger partial charge in [0.2, 0.25) is 0 Å². The van der Waals surface area contributed by atoms with E-state index in [1.54, 1.807) is 73.7 Å². The first-order chi connectivity index (χ1) is 12.1. The summed E-state index contributed by atoms with van der Waals surface area (Å²) in [6.45, 7) is 1.81. The third-order valence-electron chi connectivity index (χ3n) is 4.34. The number of methoxy groups -OCH3 is 1. The SMILES string of the molecule is COc1cccc(C)c1C(=O)[PH](F)(c1ccccc1)c1ccccc1. The number of aryl methyl sites for hydroxylation is 1. The van der Waals surface area contributed by atoms with Crippen molar-refractivity contribution in [3.05, 3.63) is 90.0 Å². The van der Waals surface area contributed by atoms with Gasteiger partial charge in [0, 0.05) is 0 Å². The van der Waals surface area contributed by atoms with Gasteiger partial charge < -0.3 is 0 Å². The summed E-state index contributed by atoms with van der Waals surface area (Å²) in [7, 11) is -2.65. The standard InChI is InChI=1S/C21H20FO2P/c1-16-10-9-15-19(24-2)20(16)21(23)25(22,17-11-5-3-6-12-17)18-13-7-4-8-14-18/h3-15,25H,1-2H3. The van der Waals surface area contributed by atoms with Crippen LogP contribution in [0.2, 0.25) is 0 Å². The average Bonchev–Trinajstić information content (AvgIpc) is 2.68. The second-order valence-electron chi connectivity index (χ2n) is 5.87. The molecular weight excluding hydrogens is 334 g/mol. The molecule has 0 fully saturated rings. The maximum absolute atomic E-state index is 16.6. The Morgan fingerprint density at radius 3 is 1.84 bits per heavy atom. The number of hydrogen-bond acceptors (Lipinski definition) is 2. The van der Waals surface area contributed by atoms with Crippen LogP contribution in [0, 0.1) is 6.92 Å². The van der Waals surface area contributed by atoms with Crippen LogP contribution >= 0.6 is 7.57 Å². The Hall–Kier alpha value is -2.51. The summed E-state index contributed by atoms with van der Waals surface area (Å²) >= 11 is 0. The predicted molar refractivity (Wildman–Crippen MR) is 104 cm³/mol. The van der Waals surface area contributed by atoms with Crippen molar-refractivity contribution >= 4 is 23.7 Å². The Labute approximate surface area is 147 Å². The van der Waals surface area contributed by atoms with Crippen LogP contribution in [0.15, 0.2) is 78.9 Å². The van der Waals surface area contributed by atoms with E-state index in [0.29, 0.717) is 27.5 Å². The van der Waals surface area contributed by atoms with Gasteiger partial charge in [-0.05, 0) is 0 Å². The van der Waals surface area contributed by atoms with E-state index >= 15 is 4.20 Å². The van der Waals surface area contributed by atoms with Crippen molar-refractivity contribution in [2.24, 2.45) is 0 Å². The van der Waals surface area contributed by atoms with Gasteiger partial charge >= 0.3 is 147 Å². The van der Waals surface area contributed by atoms with Crippen LogP contribution in [0.1, 0.15) is 15.9 Å². The first-order valence-corrected chi connectivity index (χ1v) is 9.95. The Morgan fingerprint density at radius 1 is 0.840 bits per heavy atom. The molecule has 128 valence electrons. The summed E-state index contributed by atoms with van der Waals surface area (Å²) in [6.07, 6.45) is 0. The predicted octanol–water partition coefficient (Wildman–Crippen LogP) is 4.43. The van der Waals surface area contributed by atoms with Crippen LogP contribution in [0.4, 0.5) is 4.20 Å². The summed E-state index contributed by atoms with van der Waals surface area (Å²) in [5.41, 5.74) is 0.553. The molecule has 0 N–H and O–H groups in total. The Bertz CT molecular complexity index is 839. The second kappa shape index (κ2) is 7.16. The van der Waals surface area contributed by atoms with Gasteiger partial charge in [-0.25, -0.2) is 0 Å². The molecule has 0 heterocycles. The van der Waals surface area contributed by atoms with Crippen LogP contribution in [0.5, 0.6) is 5.75 Å². The van der Waals surface area contributed by atoms with Crippen LogP contribution in [-0.2, 0) is 0 Å². The van der Waals surface area contributed by atoms with E-state index in [1.807, 2.05) is 12.1 Å². The first kappa shape index (κ1) is 17.3. The molecule has 0 aliphatic heterocycles. The van der Waals surface area contributed by atoms with Gasteiger partial charge in [0.05, 0.1) is 0 Å². The topological polar surface area (TPSA) is 26.3 Å². The Balaban J connectivity index is 2.25. The van der Waals surface area contributed by atoms with Crippen molar-refractivity contribution in [3.8, 4) is 5.75 Å². The number of carbonyl (C=O) groups is 1. The van der Waals surface area contributed by atoms with E-state index in [-0.39, 0.29) is 0 Å². The molecule has 0 saturated heterocycles. The molecule has 25 heavy (non-hydrogen) atoms. The molecular formula is C21H20FO2P. The number of ether oxygens (including phenoxy) is 1. The zero-order valence-electron chi connectivity index (χ0n) is 14.2. The van der Waals surface area contributed by atoms with Gasteiger partial charge in [0.15, 0.2) is 0 Å². The molecule has 3 aromatic carbocycles. The monoisotopic (exact) mass is 354 g/mol. The van der Waals surface area contributed by atoms with Gasteiger partial charge in [-0.15, -0.1) is 0 Å². The molecule has 0 aromatic heterocycles. The minimum absolute atomic E-state index is 0.326. The number of halogens is 1. The van der Waals surface area contributed by atoms with Crippen molar-refractivity contribution in [1.29, 1.82) is 0 Å². The average molecular weight is 354 g/mol. The molecule has 3 aromatic rings. The van der Waals surface area contributed by atoms with E-state index in [9.17, 15) is 4.79 Å². The van der Waals surface area contributed by atoms with Crippen molar-refractivity contribution in [3.63, 3.8) is 0 Å². The molecule has 0 aliphatic rings. The normalized spacial score (nSPS) is 11.8. The third kappa shape index (κ3) is 3.08. The molecule has 2 nitrogen and oxygen atoms in total. The van der Waals surface area contributed by atoms with Crippen molar-refractivity contribution in [2.45, 2.75) is 6.92 Å². The molecule has 0 saturated carbocycles. The van der Waals surface area contributed by atoms with Crippen LogP contribution in [0.25, 0.3) is 0 Å². The van der Waals surface area contributed by atoms with Crippen molar-refractivity contribution in [1.82, 2.24) is 0 Å². The molecule has 0 radical (unpaired) electrons. The van der Waals surface area contributed by atoms with Gasteiger partial charge in [-0.2, -0.15) is 0 Å².